The van der Waals surface area contributed by atoms with Crippen LogP contribution in [0.25, 0.3) is 0 Å². The third-order valence-corrected chi connectivity index (χ3v) is 0. The van der Waals surface area contributed by atoms with Crippen LogP contribution < -0.4 is 10.2 Å². The summed E-state index contributed by atoms with van der Waals surface area (Å²) in [5.41, 5.74) is 0. The van der Waals surface area contributed by atoms with Gasteiger partial charge in [-0.3, -0.25) is 0 Å². The molecule has 16 heavy (non-hydrogen) atoms. The zero-order chi connectivity index (χ0) is 9.86. The standard InChI is InChI=1S/2C2H4O2.CH4O2.Mg.4H2O/c2*1-2(3)4;2-1-3;;;;;/h2*1H3,(H,3,4);2-3H,1H2;;4*1H2/q;;;+2;;;;/p-2. The maximum absolute atomic E-state index is 8.89. The van der Waals surface area contributed by atoms with Gasteiger partial charge in [0, 0.05) is 11.9 Å². The van der Waals surface area contributed by atoms with Gasteiger partial charge in [-0.2, -0.15) is 0 Å². The van der Waals surface area contributed by atoms with Gasteiger partial charge in [0.2, 0.25) is 0 Å². The van der Waals surface area contributed by atoms with E-state index in [4.69, 9.17) is 30.0 Å². The molecule has 0 aromatic carbocycles. The summed E-state index contributed by atoms with van der Waals surface area (Å²) in [6.07, 6.45) is 0. The van der Waals surface area contributed by atoms with E-state index in [1.165, 1.54) is 0 Å². The Morgan fingerprint density at radius 1 is 0.875 bits per heavy atom. The minimum absolute atomic E-state index is 0. The molecule has 0 saturated carbocycles. The topological polar surface area (TPSA) is 247 Å². The van der Waals surface area contributed by atoms with Crippen LogP contribution in [0.3, 0.4) is 0 Å². The second kappa shape index (κ2) is 62.7. The van der Waals surface area contributed by atoms with Crippen molar-refractivity contribution in [2.24, 2.45) is 0 Å². The summed E-state index contributed by atoms with van der Waals surface area (Å²) in [4.78, 5) is 17.8. The molecule has 0 amide bonds. The van der Waals surface area contributed by atoms with E-state index in [1.807, 2.05) is 0 Å². The fourth-order valence-corrected chi connectivity index (χ4v) is 0. The molecule has 100 valence electrons. The molecule has 10 nitrogen and oxygen atoms in total. The number of hydrogen-bond donors (Lipinski definition) is 2. The van der Waals surface area contributed by atoms with Crippen molar-refractivity contribution in [3.8, 4) is 0 Å². The fourth-order valence-electron chi connectivity index (χ4n) is 0. The molecule has 0 atom stereocenters. The van der Waals surface area contributed by atoms with Crippen molar-refractivity contribution in [2.75, 3.05) is 6.79 Å². The summed E-state index contributed by atoms with van der Waals surface area (Å²) >= 11 is 0. The van der Waals surface area contributed by atoms with Gasteiger partial charge in [0.1, 0.15) is 6.79 Å². The average Bonchev–Trinajstić information content (AvgIpc) is 1.60. The van der Waals surface area contributed by atoms with E-state index in [1.54, 1.807) is 0 Å². The zero-order valence-corrected chi connectivity index (χ0v) is 10.4. The van der Waals surface area contributed by atoms with Gasteiger partial charge in [-0.25, -0.2) is 0 Å². The van der Waals surface area contributed by atoms with E-state index in [0.29, 0.717) is 0 Å². The molecule has 0 spiro atoms. The van der Waals surface area contributed by atoms with Crippen LogP contribution >= 0.6 is 0 Å². The van der Waals surface area contributed by atoms with Gasteiger partial charge >= 0.3 is 23.1 Å². The summed E-state index contributed by atoms with van der Waals surface area (Å²) in [7, 11) is 0. The molecule has 0 saturated heterocycles. The van der Waals surface area contributed by atoms with Crippen LogP contribution in [0.15, 0.2) is 0 Å². The Hall–Kier alpha value is -0.534. The van der Waals surface area contributed by atoms with E-state index in [-0.39, 0.29) is 45.0 Å². The molecule has 0 aromatic heterocycles. The second-order valence-corrected chi connectivity index (χ2v) is 1.12. The van der Waals surface area contributed by atoms with Crippen molar-refractivity contribution in [1.29, 1.82) is 0 Å². The Kier molecular flexibility index (Phi) is 228. The first kappa shape index (κ1) is 58.1. The van der Waals surface area contributed by atoms with Crippen LogP contribution in [0.1, 0.15) is 13.8 Å². The van der Waals surface area contributed by atoms with Crippen LogP contribution in [-0.2, 0) is 9.59 Å². The number of rotatable bonds is 0. The van der Waals surface area contributed by atoms with Crippen molar-refractivity contribution in [2.45, 2.75) is 13.8 Å². The third-order valence-electron chi connectivity index (χ3n) is 0. The minimum atomic E-state index is -1.08. The Morgan fingerprint density at radius 3 is 0.875 bits per heavy atom. The fraction of sp³-hybridized carbons (Fsp3) is 0.600. The Bertz CT molecular complexity index is 87.4. The predicted octanol–water partition coefficient (Wildman–Crippen LogP) is -7.24. The molecule has 0 bridgehead atoms. The van der Waals surface area contributed by atoms with E-state index < -0.39 is 18.7 Å². The number of carbonyl (C=O) groups excluding carboxylic acids is 2. The number of carboxylic acid groups (broad SMARTS) is 2. The quantitative estimate of drug-likeness (QED) is 0.316. The summed E-state index contributed by atoms with van der Waals surface area (Å²) < 4.78 is 0. The van der Waals surface area contributed by atoms with Crippen LogP contribution in [-0.4, -0.2) is 73.9 Å². The van der Waals surface area contributed by atoms with Gasteiger partial charge in [-0.15, -0.1) is 0 Å². The van der Waals surface area contributed by atoms with Gasteiger partial charge < -0.3 is 51.9 Å². The molecule has 0 radical (unpaired) electrons. The molecule has 0 rings (SSSR count). The normalized spacial score (nSPS) is 4.25. The van der Waals surface area contributed by atoms with Crippen LogP contribution in [0.5, 0.6) is 0 Å². The van der Waals surface area contributed by atoms with Crippen LogP contribution in [0.2, 0.25) is 0 Å². The Balaban J connectivity index is -0.00000000872. The summed E-state index contributed by atoms with van der Waals surface area (Å²) in [6.45, 7) is 1.19. The number of hydrogen-bond acceptors (Lipinski definition) is 6. The molecular formula is C5H18MgO10. The molecule has 0 aromatic rings. The first-order valence-electron chi connectivity index (χ1n) is 2.45. The third kappa shape index (κ3) is 7350. The molecule has 0 fully saturated rings. The number of aliphatic carboxylic acids is 2. The molecule has 0 unspecified atom stereocenters. The summed E-state index contributed by atoms with van der Waals surface area (Å²) in [6, 6.07) is 0. The molecule has 0 aliphatic heterocycles. The van der Waals surface area contributed by atoms with Gasteiger partial charge in [0.15, 0.2) is 0 Å². The van der Waals surface area contributed by atoms with Crippen molar-refractivity contribution >= 4 is 35.0 Å². The minimum Gasteiger partial charge on any atom is -0.550 e. The molecule has 0 heterocycles. The van der Waals surface area contributed by atoms with Gasteiger partial charge in [-0.05, 0) is 13.8 Å². The van der Waals surface area contributed by atoms with Gasteiger partial charge in [-0.1, -0.05) is 0 Å². The SMILES string of the molecule is CC(=O)[O-].CC(=O)[O-].O.O.O.O.OCO.[Mg+2]. The molecule has 11 heteroatoms. The largest absolute Gasteiger partial charge is 2.00 e. The smallest absolute Gasteiger partial charge is 0.550 e. The summed E-state index contributed by atoms with van der Waals surface area (Å²) in [5, 5.41) is 32.0. The number of aliphatic hydroxyl groups is 2. The zero-order valence-electron chi connectivity index (χ0n) is 8.94. The number of aliphatic hydroxyl groups excluding tert-OH is 1. The molecule has 10 N–H and O–H groups in total. The van der Waals surface area contributed by atoms with Gasteiger partial charge in [0.05, 0.1) is 0 Å². The second-order valence-electron chi connectivity index (χ2n) is 1.12. The Labute approximate surface area is 108 Å². The molecular weight excluding hydrogens is 244 g/mol. The van der Waals surface area contributed by atoms with Gasteiger partial charge in [0.25, 0.3) is 0 Å². The average molecular weight is 262 g/mol. The van der Waals surface area contributed by atoms with E-state index in [0.717, 1.165) is 13.8 Å². The van der Waals surface area contributed by atoms with Crippen LogP contribution in [0.4, 0.5) is 0 Å². The summed E-state index contributed by atoms with van der Waals surface area (Å²) in [5.74, 6) is -2.17. The first-order chi connectivity index (χ1) is 4.88. The van der Waals surface area contributed by atoms with E-state index >= 15 is 0 Å². The van der Waals surface area contributed by atoms with Crippen molar-refractivity contribution in [1.82, 2.24) is 0 Å². The number of carboxylic acids is 2. The van der Waals surface area contributed by atoms with Crippen molar-refractivity contribution in [3.05, 3.63) is 0 Å². The maximum Gasteiger partial charge on any atom is 2.00 e. The molecule has 0 aliphatic rings. The van der Waals surface area contributed by atoms with E-state index in [2.05, 4.69) is 0 Å². The molecule has 0 aliphatic carbocycles. The van der Waals surface area contributed by atoms with Crippen LogP contribution in [0, 0.1) is 0 Å². The predicted molar refractivity (Wildman–Crippen MR) is 50.9 cm³/mol. The maximum atomic E-state index is 8.89. The van der Waals surface area contributed by atoms with Crippen molar-refractivity contribution < 1.29 is 51.9 Å². The van der Waals surface area contributed by atoms with E-state index in [9.17, 15) is 0 Å². The monoisotopic (exact) mass is 262 g/mol. The first-order valence-corrected chi connectivity index (χ1v) is 2.45. The Morgan fingerprint density at radius 2 is 0.875 bits per heavy atom. The van der Waals surface area contributed by atoms with Crippen molar-refractivity contribution in [3.63, 3.8) is 0 Å². The number of carbonyl (C=O) groups is 2.